The molecule has 2 rings (SSSR count). The molecule has 0 atom stereocenters. The van der Waals surface area contributed by atoms with Gasteiger partial charge in [-0.3, -0.25) is 4.18 Å². The highest BCUT2D eigenvalue weighted by atomic mass is 32.2. The lowest BCUT2D eigenvalue weighted by atomic mass is 10.3. The summed E-state index contributed by atoms with van der Waals surface area (Å²) in [5, 5.41) is 12.5. The van der Waals surface area contributed by atoms with E-state index >= 15 is 0 Å². The Hall–Kier alpha value is -1.82. The molecule has 114 valence electrons. The number of hydrogen-bond acceptors (Lipinski definition) is 7. The van der Waals surface area contributed by atoms with Crippen LogP contribution in [-0.2, 0) is 30.9 Å². The third-order valence-electron chi connectivity index (χ3n) is 2.39. The van der Waals surface area contributed by atoms with Gasteiger partial charge in [0.2, 0.25) is 10.0 Å². The summed E-state index contributed by atoms with van der Waals surface area (Å²) in [6, 6.07) is 5.66. The number of benzene rings is 1. The lowest BCUT2D eigenvalue weighted by Gasteiger charge is -2.01. The van der Waals surface area contributed by atoms with E-state index in [9.17, 15) is 16.8 Å². The number of primary sulfonamides is 1. The fourth-order valence-corrected chi connectivity index (χ4v) is 2.30. The van der Waals surface area contributed by atoms with E-state index in [2.05, 4.69) is 14.5 Å². The zero-order valence-electron chi connectivity index (χ0n) is 10.9. The Kier molecular flexibility index (Phi) is 4.09. The minimum atomic E-state index is -3.75. The quantitative estimate of drug-likeness (QED) is 0.722. The molecule has 0 aliphatic carbocycles. The van der Waals surface area contributed by atoms with Crippen LogP contribution in [-0.4, -0.2) is 38.1 Å². The molecule has 0 saturated carbocycles. The summed E-state index contributed by atoms with van der Waals surface area (Å²) in [5.74, 6) is 0. The van der Waals surface area contributed by atoms with Crippen molar-refractivity contribution in [3.05, 3.63) is 36.2 Å². The Morgan fingerprint density at radius 3 is 2.33 bits per heavy atom. The van der Waals surface area contributed by atoms with Crippen molar-refractivity contribution < 1.29 is 21.0 Å². The van der Waals surface area contributed by atoms with Crippen molar-refractivity contribution in [3.63, 3.8) is 0 Å². The molecular formula is C10H12N4O5S2. The third-order valence-corrected chi connectivity index (χ3v) is 3.87. The average molecular weight is 332 g/mol. The average Bonchev–Trinajstić information content (AvgIpc) is 2.83. The molecule has 0 spiro atoms. The van der Waals surface area contributed by atoms with Gasteiger partial charge in [0.25, 0.3) is 10.1 Å². The van der Waals surface area contributed by atoms with Crippen molar-refractivity contribution in [1.29, 1.82) is 0 Å². The summed E-state index contributed by atoms with van der Waals surface area (Å²) >= 11 is 0. The molecular weight excluding hydrogens is 320 g/mol. The van der Waals surface area contributed by atoms with Gasteiger partial charge in [0, 0.05) is 0 Å². The second-order valence-electron chi connectivity index (χ2n) is 4.16. The molecule has 1 aromatic carbocycles. The monoisotopic (exact) mass is 332 g/mol. The minimum Gasteiger partial charge on any atom is -0.264 e. The molecule has 2 aromatic rings. The van der Waals surface area contributed by atoms with Gasteiger partial charge >= 0.3 is 0 Å². The summed E-state index contributed by atoms with van der Waals surface area (Å²) in [5.41, 5.74) is 0.858. The highest BCUT2D eigenvalue weighted by molar-refractivity contribution is 7.89. The molecule has 0 radical (unpaired) electrons. The molecule has 0 saturated heterocycles. The maximum Gasteiger partial charge on any atom is 0.264 e. The van der Waals surface area contributed by atoms with Crippen molar-refractivity contribution in [2.24, 2.45) is 5.14 Å². The summed E-state index contributed by atoms with van der Waals surface area (Å²) in [4.78, 5) is -0.0213. The van der Waals surface area contributed by atoms with Crippen LogP contribution in [0.4, 0.5) is 0 Å². The predicted molar refractivity (Wildman–Crippen MR) is 72.4 cm³/mol. The maximum absolute atomic E-state index is 11.1. The van der Waals surface area contributed by atoms with Crippen LogP contribution in [0, 0.1) is 0 Å². The second-order valence-corrected chi connectivity index (χ2v) is 7.37. The highest BCUT2D eigenvalue weighted by Crippen LogP contribution is 2.12. The maximum atomic E-state index is 11.1. The van der Waals surface area contributed by atoms with Gasteiger partial charge in [0.05, 0.1) is 23.0 Å². The molecule has 2 N–H and O–H groups in total. The number of rotatable bonds is 5. The van der Waals surface area contributed by atoms with Crippen molar-refractivity contribution >= 4 is 20.1 Å². The van der Waals surface area contributed by atoms with Crippen LogP contribution < -0.4 is 5.14 Å². The fourth-order valence-electron chi connectivity index (χ4n) is 1.45. The molecule has 0 fully saturated rings. The van der Waals surface area contributed by atoms with E-state index in [4.69, 9.17) is 5.14 Å². The Morgan fingerprint density at radius 1 is 1.19 bits per heavy atom. The van der Waals surface area contributed by atoms with Crippen LogP contribution in [0.25, 0.3) is 5.69 Å². The number of nitrogens with zero attached hydrogens (tertiary/aromatic N) is 3. The summed E-state index contributed by atoms with van der Waals surface area (Å²) in [6.07, 6.45) is 2.40. The van der Waals surface area contributed by atoms with Crippen LogP contribution in [0.15, 0.2) is 35.4 Å². The zero-order valence-corrected chi connectivity index (χ0v) is 12.5. The van der Waals surface area contributed by atoms with Crippen LogP contribution in [0.1, 0.15) is 5.69 Å². The SMILES string of the molecule is CS(=O)(=O)OCc1cn(-c2ccc(S(N)(=O)=O)cc2)nn1. The Morgan fingerprint density at radius 2 is 1.81 bits per heavy atom. The first kappa shape index (κ1) is 15.6. The van der Waals surface area contributed by atoms with E-state index in [0.29, 0.717) is 11.4 Å². The van der Waals surface area contributed by atoms with Gasteiger partial charge in [-0.15, -0.1) is 5.10 Å². The van der Waals surface area contributed by atoms with E-state index in [1.165, 1.54) is 35.1 Å². The van der Waals surface area contributed by atoms with Crippen LogP contribution in [0.5, 0.6) is 0 Å². The van der Waals surface area contributed by atoms with Crippen molar-refractivity contribution in [2.75, 3.05) is 6.26 Å². The molecule has 0 aliphatic heterocycles. The van der Waals surface area contributed by atoms with Crippen LogP contribution >= 0.6 is 0 Å². The topological polar surface area (TPSA) is 134 Å². The fraction of sp³-hybridized carbons (Fsp3) is 0.200. The van der Waals surface area contributed by atoms with Crippen molar-refractivity contribution in [1.82, 2.24) is 15.0 Å². The van der Waals surface area contributed by atoms with E-state index < -0.39 is 20.1 Å². The van der Waals surface area contributed by atoms with Gasteiger partial charge in [-0.1, -0.05) is 5.21 Å². The number of hydrogen-bond donors (Lipinski definition) is 1. The summed E-state index contributed by atoms with van der Waals surface area (Å²) in [7, 11) is -7.31. The van der Waals surface area contributed by atoms with E-state index in [0.717, 1.165) is 6.26 Å². The largest absolute Gasteiger partial charge is 0.264 e. The number of nitrogens with two attached hydrogens (primary N) is 1. The Bertz CT molecular complexity index is 840. The molecule has 0 unspecified atom stereocenters. The standard InChI is InChI=1S/C10H12N4O5S2/c1-20(15,16)19-7-8-6-14(13-12-8)9-2-4-10(5-3-9)21(11,17)18/h2-6H,7H2,1H3,(H2,11,17,18). The lowest BCUT2D eigenvalue weighted by Crippen LogP contribution is -2.12. The van der Waals surface area contributed by atoms with Gasteiger partial charge in [-0.25, -0.2) is 18.2 Å². The van der Waals surface area contributed by atoms with Crippen molar-refractivity contribution in [3.8, 4) is 5.69 Å². The molecule has 9 nitrogen and oxygen atoms in total. The smallest absolute Gasteiger partial charge is 0.264 e. The third kappa shape index (κ3) is 4.32. The second kappa shape index (κ2) is 5.52. The molecule has 11 heteroatoms. The number of aromatic nitrogens is 3. The molecule has 1 heterocycles. The summed E-state index contributed by atoms with van der Waals surface area (Å²) in [6.45, 7) is -0.228. The Balaban J connectivity index is 2.18. The molecule has 1 aromatic heterocycles. The van der Waals surface area contributed by atoms with E-state index in [-0.39, 0.29) is 11.5 Å². The van der Waals surface area contributed by atoms with Crippen LogP contribution in [0.3, 0.4) is 0 Å². The van der Waals surface area contributed by atoms with Gasteiger partial charge in [-0.05, 0) is 24.3 Å². The molecule has 0 aliphatic rings. The summed E-state index contributed by atoms with van der Waals surface area (Å²) < 4.78 is 49.9. The number of sulfonamides is 1. The van der Waals surface area contributed by atoms with Gasteiger partial charge in [0.1, 0.15) is 12.3 Å². The van der Waals surface area contributed by atoms with Gasteiger partial charge in [-0.2, -0.15) is 8.42 Å². The minimum absolute atomic E-state index is 0.0213. The normalized spacial score (nSPS) is 12.5. The predicted octanol–water partition coefficient (Wildman–Crippen LogP) is -0.609. The molecule has 0 amide bonds. The molecule has 21 heavy (non-hydrogen) atoms. The van der Waals surface area contributed by atoms with E-state index in [1.807, 2.05) is 0 Å². The first-order chi connectivity index (χ1) is 9.65. The van der Waals surface area contributed by atoms with Crippen molar-refractivity contribution in [2.45, 2.75) is 11.5 Å². The van der Waals surface area contributed by atoms with E-state index in [1.54, 1.807) is 0 Å². The zero-order chi connectivity index (χ0) is 15.7. The first-order valence-electron chi connectivity index (χ1n) is 5.54. The van der Waals surface area contributed by atoms with Gasteiger partial charge < -0.3 is 0 Å². The Labute approximate surface area is 121 Å². The first-order valence-corrected chi connectivity index (χ1v) is 8.90. The van der Waals surface area contributed by atoms with Gasteiger partial charge in [0.15, 0.2) is 0 Å². The highest BCUT2D eigenvalue weighted by Gasteiger charge is 2.09. The molecule has 0 bridgehead atoms. The van der Waals surface area contributed by atoms with Crippen LogP contribution in [0.2, 0.25) is 0 Å². The lowest BCUT2D eigenvalue weighted by molar-refractivity contribution is 0.307.